The number of rotatable bonds is 2. The zero-order valence-electron chi connectivity index (χ0n) is 9.79. The SMILES string of the molecule is Cl.Cl.NN=C(c1cnccc1N)c1ccccc1F. The Kier molecular flexibility index (Phi) is 6.82. The van der Waals surface area contributed by atoms with E-state index < -0.39 is 5.82 Å². The number of nitrogen functional groups attached to an aromatic ring is 1. The van der Waals surface area contributed by atoms with E-state index in [2.05, 4.69) is 10.1 Å². The van der Waals surface area contributed by atoms with Gasteiger partial charge in [-0.1, -0.05) is 12.1 Å². The average Bonchev–Trinajstić information content (AvgIpc) is 2.34. The molecule has 0 aliphatic heterocycles. The van der Waals surface area contributed by atoms with Crippen LogP contribution in [0.5, 0.6) is 0 Å². The van der Waals surface area contributed by atoms with Crippen molar-refractivity contribution in [2.75, 3.05) is 5.73 Å². The molecule has 0 fully saturated rings. The van der Waals surface area contributed by atoms with Gasteiger partial charge in [0.15, 0.2) is 0 Å². The molecular weight excluding hydrogens is 290 g/mol. The van der Waals surface area contributed by atoms with Gasteiger partial charge in [0.05, 0.1) is 0 Å². The number of nitrogens with two attached hydrogens (primary N) is 2. The Balaban J connectivity index is 0.00000162. The second-order valence-corrected chi connectivity index (χ2v) is 3.42. The monoisotopic (exact) mass is 302 g/mol. The van der Waals surface area contributed by atoms with E-state index in [1.807, 2.05) is 0 Å². The minimum Gasteiger partial charge on any atom is -0.398 e. The van der Waals surface area contributed by atoms with Gasteiger partial charge in [0.1, 0.15) is 11.5 Å². The van der Waals surface area contributed by atoms with Gasteiger partial charge >= 0.3 is 0 Å². The Bertz CT molecular complexity index is 528. The van der Waals surface area contributed by atoms with Crippen LogP contribution in [-0.2, 0) is 0 Å². The molecule has 0 spiro atoms. The van der Waals surface area contributed by atoms with Crippen LogP contribution in [0.15, 0.2) is 47.8 Å². The van der Waals surface area contributed by atoms with Crippen LogP contribution in [0.3, 0.4) is 0 Å². The van der Waals surface area contributed by atoms with E-state index in [0.717, 1.165) is 0 Å². The Labute approximate surface area is 122 Å². The van der Waals surface area contributed by atoms with E-state index in [0.29, 0.717) is 16.8 Å². The van der Waals surface area contributed by atoms with E-state index in [1.54, 1.807) is 30.5 Å². The predicted molar refractivity (Wildman–Crippen MR) is 79.4 cm³/mol. The number of halogens is 3. The van der Waals surface area contributed by atoms with Gasteiger partial charge in [-0.25, -0.2) is 4.39 Å². The quantitative estimate of drug-likeness (QED) is 0.508. The third kappa shape index (κ3) is 3.56. The fourth-order valence-corrected chi connectivity index (χ4v) is 1.54. The lowest BCUT2D eigenvalue weighted by Gasteiger charge is -2.08. The van der Waals surface area contributed by atoms with Crippen molar-refractivity contribution >= 4 is 36.2 Å². The number of benzene rings is 1. The van der Waals surface area contributed by atoms with Gasteiger partial charge in [-0.05, 0) is 18.2 Å². The molecule has 2 rings (SSSR count). The van der Waals surface area contributed by atoms with Crippen molar-refractivity contribution < 1.29 is 4.39 Å². The van der Waals surface area contributed by atoms with Gasteiger partial charge in [-0.15, -0.1) is 24.8 Å². The maximum Gasteiger partial charge on any atom is 0.132 e. The van der Waals surface area contributed by atoms with Gasteiger partial charge < -0.3 is 11.6 Å². The number of hydrogen-bond donors (Lipinski definition) is 2. The second kappa shape index (κ2) is 7.56. The Morgan fingerprint density at radius 1 is 1.11 bits per heavy atom. The highest BCUT2D eigenvalue weighted by Gasteiger charge is 2.13. The van der Waals surface area contributed by atoms with E-state index in [4.69, 9.17) is 11.6 Å². The molecule has 0 atom stereocenters. The van der Waals surface area contributed by atoms with Gasteiger partial charge in [0, 0.05) is 29.2 Å². The summed E-state index contributed by atoms with van der Waals surface area (Å²) < 4.78 is 13.6. The molecule has 0 amide bonds. The summed E-state index contributed by atoms with van der Waals surface area (Å²) in [5, 5.41) is 3.61. The first-order chi connectivity index (χ1) is 8.24. The summed E-state index contributed by atoms with van der Waals surface area (Å²) in [4.78, 5) is 3.93. The molecule has 0 saturated heterocycles. The first-order valence-electron chi connectivity index (χ1n) is 4.96. The first kappa shape index (κ1) is 17.2. The summed E-state index contributed by atoms with van der Waals surface area (Å²) in [5.74, 6) is 4.91. The summed E-state index contributed by atoms with van der Waals surface area (Å²) in [7, 11) is 0. The zero-order chi connectivity index (χ0) is 12.3. The molecule has 0 saturated carbocycles. The third-order valence-electron chi connectivity index (χ3n) is 2.37. The number of hydrogen-bond acceptors (Lipinski definition) is 4. The van der Waals surface area contributed by atoms with Crippen molar-refractivity contribution in [3.8, 4) is 0 Å². The van der Waals surface area contributed by atoms with Gasteiger partial charge in [-0.2, -0.15) is 5.10 Å². The van der Waals surface area contributed by atoms with Crippen LogP contribution >= 0.6 is 24.8 Å². The molecular formula is C12H13Cl2FN4. The van der Waals surface area contributed by atoms with E-state index in [1.165, 1.54) is 12.3 Å². The van der Waals surface area contributed by atoms with Crippen LogP contribution in [-0.4, -0.2) is 10.7 Å². The number of pyridine rings is 1. The number of aromatic nitrogens is 1. The molecule has 1 heterocycles. The summed E-state index contributed by atoms with van der Waals surface area (Å²) in [6.45, 7) is 0. The summed E-state index contributed by atoms with van der Waals surface area (Å²) >= 11 is 0. The van der Waals surface area contributed by atoms with Gasteiger partial charge in [-0.3, -0.25) is 4.98 Å². The highest BCUT2D eigenvalue weighted by molar-refractivity contribution is 6.15. The minimum atomic E-state index is -0.403. The number of anilines is 1. The van der Waals surface area contributed by atoms with Crippen molar-refractivity contribution in [1.82, 2.24) is 4.98 Å². The molecule has 4 N–H and O–H groups in total. The van der Waals surface area contributed by atoms with Crippen molar-refractivity contribution in [3.63, 3.8) is 0 Å². The average molecular weight is 303 g/mol. The highest BCUT2D eigenvalue weighted by Crippen LogP contribution is 2.17. The van der Waals surface area contributed by atoms with Crippen LogP contribution < -0.4 is 11.6 Å². The van der Waals surface area contributed by atoms with Crippen molar-refractivity contribution in [2.24, 2.45) is 10.9 Å². The third-order valence-corrected chi connectivity index (χ3v) is 2.37. The van der Waals surface area contributed by atoms with Crippen LogP contribution in [0.4, 0.5) is 10.1 Å². The smallest absolute Gasteiger partial charge is 0.132 e. The van der Waals surface area contributed by atoms with E-state index in [-0.39, 0.29) is 30.5 Å². The van der Waals surface area contributed by atoms with Gasteiger partial charge in [0.2, 0.25) is 0 Å². The summed E-state index contributed by atoms with van der Waals surface area (Å²) in [6.07, 6.45) is 3.06. The minimum absolute atomic E-state index is 0. The normalized spacial score (nSPS) is 10.3. The molecule has 0 radical (unpaired) electrons. The lowest BCUT2D eigenvalue weighted by atomic mass is 10.0. The fraction of sp³-hybridized carbons (Fsp3) is 0. The van der Waals surface area contributed by atoms with Crippen LogP contribution in [0.1, 0.15) is 11.1 Å². The predicted octanol–water partition coefficient (Wildman–Crippen LogP) is 2.36. The summed E-state index contributed by atoms with van der Waals surface area (Å²) in [6, 6.07) is 7.84. The number of hydrazone groups is 1. The topological polar surface area (TPSA) is 77.3 Å². The van der Waals surface area contributed by atoms with Gasteiger partial charge in [0.25, 0.3) is 0 Å². The molecule has 1 aromatic carbocycles. The van der Waals surface area contributed by atoms with Crippen molar-refractivity contribution in [2.45, 2.75) is 0 Å². The highest BCUT2D eigenvalue weighted by atomic mass is 35.5. The van der Waals surface area contributed by atoms with Crippen LogP contribution in [0.25, 0.3) is 0 Å². The fourth-order valence-electron chi connectivity index (χ4n) is 1.54. The van der Waals surface area contributed by atoms with Crippen molar-refractivity contribution in [1.29, 1.82) is 0 Å². The lowest BCUT2D eigenvalue weighted by Crippen LogP contribution is -2.11. The van der Waals surface area contributed by atoms with Crippen molar-refractivity contribution in [3.05, 3.63) is 59.7 Å². The largest absolute Gasteiger partial charge is 0.398 e. The van der Waals surface area contributed by atoms with E-state index >= 15 is 0 Å². The molecule has 19 heavy (non-hydrogen) atoms. The zero-order valence-corrected chi connectivity index (χ0v) is 11.4. The van der Waals surface area contributed by atoms with Crippen LogP contribution in [0.2, 0.25) is 0 Å². The second-order valence-electron chi connectivity index (χ2n) is 3.42. The Hall–Kier alpha value is -1.85. The van der Waals surface area contributed by atoms with Crippen LogP contribution in [0, 0.1) is 5.82 Å². The molecule has 0 unspecified atom stereocenters. The molecule has 4 nitrogen and oxygen atoms in total. The number of nitrogens with zero attached hydrogens (tertiary/aromatic N) is 2. The lowest BCUT2D eigenvalue weighted by molar-refractivity contribution is 0.625. The first-order valence-corrected chi connectivity index (χ1v) is 4.96. The molecule has 1 aromatic heterocycles. The maximum absolute atomic E-state index is 13.6. The molecule has 2 aromatic rings. The molecule has 0 bridgehead atoms. The molecule has 102 valence electrons. The summed E-state index contributed by atoms with van der Waals surface area (Å²) in [5.41, 5.74) is 7.34. The maximum atomic E-state index is 13.6. The Morgan fingerprint density at radius 3 is 2.37 bits per heavy atom. The Morgan fingerprint density at radius 2 is 1.79 bits per heavy atom. The molecule has 0 aliphatic carbocycles. The van der Waals surface area contributed by atoms with E-state index in [9.17, 15) is 4.39 Å². The molecule has 7 heteroatoms. The molecule has 0 aliphatic rings. The standard InChI is InChI=1S/C12H11FN4.2ClH/c13-10-4-2-1-3-8(10)12(17-15)9-7-16-6-5-11(9)14;;/h1-7H,15H2,(H2,14,16);2*1H.